The number of nitrogens with zero attached hydrogens (tertiary/aromatic N) is 3. The minimum Gasteiger partial charge on any atom is -0.338 e. The van der Waals surface area contributed by atoms with Crippen molar-refractivity contribution in [1.29, 1.82) is 0 Å². The van der Waals surface area contributed by atoms with E-state index in [-0.39, 0.29) is 5.92 Å². The third-order valence-electron chi connectivity index (χ3n) is 4.32. The van der Waals surface area contributed by atoms with Gasteiger partial charge in [-0.3, -0.25) is 4.79 Å². The summed E-state index contributed by atoms with van der Waals surface area (Å²) in [6.07, 6.45) is 2.20. The molecular formula is C16H34N4O. The van der Waals surface area contributed by atoms with E-state index in [1.54, 1.807) is 0 Å². The predicted octanol–water partition coefficient (Wildman–Crippen LogP) is 0.716. The van der Waals surface area contributed by atoms with Crippen molar-refractivity contribution in [2.75, 3.05) is 60.4 Å². The first-order chi connectivity index (χ1) is 9.95. The number of carbonyl (C=O) groups excluding carboxylic acids is 1. The summed E-state index contributed by atoms with van der Waals surface area (Å²) in [5.74, 6) is 0.374. The summed E-state index contributed by atoms with van der Waals surface area (Å²) in [5, 5.41) is 3.29. The summed E-state index contributed by atoms with van der Waals surface area (Å²) in [5.41, 5.74) is 0. The molecule has 0 aromatic carbocycles. The highest BCUT2D eigenvalue weighted by molar-refractivity contribution is 5.79. The van der Waals surface area contributed by atoms with E-state index < -0.39 is 0 Å². The third kappa shape index (κ3) is 6.32. The van der Waals surface area contributed by atoms with Gasteiger partial charge in [-0.2, -0.15) is 0 Å². The molecule has 0 radical (unpaired) electrons. The molecular weight excluding hydrogens is 264 g/mol. The monoisotopic (exact) mass is 298 g/mol. The first kappa shape index (κ1) is 18.4. The van der Waals surface area contributed by atoms with Gasteiger partial charge in [-0.15, -0.1) is 0 Å². The molecule has 1 aliphatic heterocycles. The Morgan fingerprint density at radius 1 is 1.29 bits per heavy atom. The van der Waals surface area contributed by atoms with E-state index in [1.165, 1.54) is 0 Å². The lowest BCUT2D eigenvalue weighted by atomic mass is 10.0. The molecule has 0 aliphatic carbocycles. The molecule has 1 heterocycles. The fraction of sp³-hybridized carbons (Fsp3) is 0.938. The van der Waals surface area contributed by atoms with Gasteiger partial charge >= 0.3 is 0 Å². The number of hydrogen-bond donors (Lipinski definition) is 1. The van der Waals surface area contributed by atoms with E-state index in [1.807, 2.05) is 6.92 Å². The zero-order valence-electron chi connectivity index (χ0n) is 14.6. The molecule has 1 aliphatic rings. The maximum Gasteiger partial charge on any atom is 0.226 e. The molecule has 1 unspecified atom stereocenters. The van der Waals surface area contributed by atoms with Crippen molar-refractivity contribution < 1.29 is 4.79 Å². The van der Waals surface area contributed by atoms with E-state index in [0.717, 1.165) is 52.1 Å². The minimum atomic E-state index is 0.0618. The van der Waals surface area contributed by atoms with E-state index in [2.05, 4.69) is 48.1 Å². The van der Waals surface area contributed by atoms with Gasteiger partial charge in [0.05, 0.1) is 0 Å². The van der Waals surface area contributed by atoms with E-state index in [0.29, 0.717) is 11.9 Å². The number of likely N-dealkylation sites (tertiary alicyclic amines) is 1. The molecule has 5 nitrogen and oxygen atoms in total. The number of nitrogens with one attached hydrogen (secondary N) is 1. The molecule has 0 spiro atoms. The van der Waals surface area contributed by atoms with Gasteiger partial charge in [0.2, 0.25) is 5.91 Å². The van der Waals surface area contributed by atoms with Crippen LogP contribution in [0.4, 0.5) is 0 Å². The average Bonchev–Trinajstić information content (AvgIpc) is 2.46. The van der Waals surface area contributed by atoms with Gasteiger partial charge in [0.1, 0.15) is 0 Å². The van der Waals surface area contributed by atoms with Crippen molar-refractivity contribution in [1.82, 2.24) is 20.0 Å². The Morgan fingerprint density at radius 2 is 1.90 bits per heavy atom. The van der Waals surface area contributed by atoms with Gasteiger partial charge in [0, 0.05) is 31.6 Å². The van der Waals surface area contributed by atoms with Gasteiger partial charge in [-0.25, -0.2) is 0 Å². The Balaban J connectivity index is 2.64. The zero-order valence-corrected chi connectivity index (χ0v) is 14.6. The Kier molecular flexibility index (Phi) is 8.22. The number of rotatable bonds is 8. The summed E-state index contributed by atoms with van der Waals surface area (Å²) in [4.78, 5) is 19.5. The van der Waals surface area contributed by atoms with Crippen molar-refractivity contribution in [3.05, 3.63) is 0 Å². The molecule has 1 rings (SSSR count). The molecule has 1 atom stereocenters. The Labute approximate surface area is 130 Å². The van der Waals surface area contributed by atoms with Crippen molar-refractivity contribution in [3.63, 3.8) is 0 Å². The number of piperidine rings is 1. The average molecular weight is 298 g/mol. The highest BCUT2D eigenvalue weighted by atomic mass is 16.2. The minimum absolute atomic E-state index is 0.0618. The topological polar surface area (TPSA) is 38.8 Å². The number of carbonyl (C=O) groups is 1. The number of likely N-dealkylation sites (N-methyl/N-ethyl adjacent to an activating group) is 1. The third-order valence-corrected chi connectivity index (χ3v) is 4.32. The highest BCUT2D eigenvalue weighted by Crippen LogP contribution is 2.18. The normalized spacial score (nSPS) is 19.0. The van der Waals surface area contributed by atoms with Crippen LogP contribution in [-0.2, 0) is 4.79 Å². The zero-order chi connectivity index (χ0) is 15.8. The first-order valence-corrected chi connectivity index (χ1v) is 8.30. The Bertz CT molecular complexity index is 301. The molecule has 0 bridgehead atoms. The van der Waals surface area contributed by atoms with Crippen molar-refractivity contribution in [2.24, 2.45) is 5.92 Å². The van der Waals surface area contributed by atoms with E-state index in [4.69, 9.17) is 0 Å². The maximum absolute atomic E-state index is 12.8. The van der Waals surface area contributed by atoms with Crippen molar-refractivity contribution >= 4 is 5.91 Å². The van der Waals surface area contributed by atoms with Crippen LogP contribution in [0.5, 0.6) is 0 Å². The summed E-state index contributed by atoms with van der Waals surface area (Å²) in [6.45, 7) is 9.79. The smallest absolute Gasteiger partial charge is 0.226 e. The van der Waals surface area contributed by atoms with Crippen LogP contribution in [0.3, 0.4) is 0 Å². The van der Waals surface area contributed by atoms with Crippen LogP contribution < -0.4 is 5.32 Å². The molecule has 0 saturated carbocycles. The van der Waals surface area contributed by atoms with Crippen molar-refractivity contribution in [3.8, 4) is 0 Å². The van der Waals surface area contributed by atoms with Gasteiger partial charge in [-0.1, -0.05) is 13.8 Å². The summed E-state index contributed by atoms with van der Waals surface area (Å²) in [7, 11) is 6.30. The molecule has 1 amide bonds. The summed E-state index contributed by atoms with van der Waals surface area (Å²) >= 11 is 0. The Morgan fingerprint density at radius 3 is 2.43 bits per heavy atom. The first-order valence-electron chi connectivity index (χ1n) is 8.30. The molecule has 21 heavy (non-hydrogen) atoms. The molecule has 1 N–H and O–H groups in total. The largest absolute Gasteiger partial charge is 0.338 e. The second-order valence-corrected chi connectivity index (χ2v) is 6.58. The highest BCUT2D eigenvalue weighted by Gasteiger charge is 2.29. The summed E-state index contributed by atoms with van der Waals surface area (Å²) in [6, 6.07) is 0.415. The van der Waals surface area contributed by atoms with Gasteiger partial charge in [-0.05, 0) is 53.6 Å². The molecule has 0 aromatic rings. The lowest BCUT2D eigenvalue weighted by molar-refractivity contribution is -0.138. The standard InChI is InChI=1S/C16H34N4O/c1-6-17-13-14(2)16(21)20(12-11-18(3)4)15-7-9-19(5)10-8-15/h14-15,17H,6-13H2,1-5H3. The maximum atomic E-state index is 12.8. The molecule has 1 saturated heterocycles. The lowest BCUT2D eigenvalue weighted by Gasteiger charge is -2.39. The van der Waals surface area contributed by atoms with Crippen LogP contribution >= 0.6 is 0 Å². The van der Waals surface area contributed by atoms with Crippen LogP contribution in [0.1, 0.15) is 26.7 Å². The lowest BCUT2D eigenvalue weighted by Crippen LogP contribution is -2.51. The number of hydrogen-bond acceptors (Lipinski definition) is 4. The molecule has 124 valence electrons. The molecule has 5 heteroatoms. The fourth-order valence-electron chi connectivity index (χ4n) is 2.82. The fourth-order valence-corrected chi connectivity index (χ4v) is 2.82. The SMILES string of the molecule is CCNCC(C)C(=O)N(CCN(C)C)C1CCN(C)CC1. The van der Waals surface area contributed by atoms with Crippen molar-refractivity contribution in [2.45, 2.75) is 32.7 Å². The van der Waals surface area contributed by atoms with Gasteiger partial charge in [0.25, 0.3) is 0 Å². The van der Waals surface area contributed by atoms with Gasteiger partial charge < -0.3 is 20.0 Å². The molecule has 1 fully saturated rings. The van der Waals surface area contributed by atoms with E-state index in [9.17, 15) is 4.79 Å². The second-order valence-electron chi connectivity index (χ2n) is 6.58. The van der Waals surface area contributed by atoms with Crippen LogP contribution in [0.15, 0.2) is 0 Å². The molecule has 0 aromatic heterocycles. The van der Waals surface area contributed by atoms with Gasteiger partial charge in [0.15, 0.2) is 0 Å². The quantitative estimate of drug-likeness (QED) is 0.716. The predicted molar refractivity (Wildman–Crippen MR) is 88.5 cm³/mol. The van der Waals surface area contributed by atoms with Crippen LogP contribution in [0.2, 0.25) is 0 Å². The van der Waals surface area contributed by atoms with Crippen LogP contribution in [-0.4, -0.2) is 87.1 Å². The summed E-state index contributed by atoms with van der Waals surface area (Å²) < 4.78 is 0. The Hall–Kier alpha value is -0.650. The second kappa shape index (κ2) is 9.38. The van der Waals surface area contributed by atoms with Crippen LogP contribution in [0.25, 0.3) is 0 Å². The number of amides is 1. The van der Waals surface area contributed by atoms with E-state index >= 15 is 0 Å². The van der Waals surface area contributed by atoms with Crippen LogP contribution in [0, 0.1) is 5.92 Å².